The molecule has 1 aromatic carbocycles. The quantitative estimate of drug-likeness (QED) is 0.451. The smallest absolute Gasteiger partial charge is 0.220 e. The summed E-state index contributed by atoms with van der Waals surface area (Å²) >= 11 is 1.41. The van der Waals surface area contributed by atoms with Crippen LogP contribution in [0.1, 0.15) is 40.2 Å². The Morgan fingerprint density at radius 3 is 2.67 bits per heavy atom. The largest absolute Gasteiger partial charge is 0.356 e. The fourth-order valence-corrected chi connectivity index (χ4v) is 3.53. The Bertz CT molecular complexity index is 886. The van der Waals surface area contributed by atoms with E-state index in [1.54, 1.807) is 6.07 Å². The van der Waals surface area contributed by atoms with Crippen molar-refractivity contribution in [2.24, 2.45) is 0 Å². The number of para-hydroxylation sites is 1. The lowest BCUT2D eigenvalue weighted by Crippen LogP contribution is -2.25. The summed E-state index contributed by atoms with van der Waals surface area (Å²) in [7, 11) is 0. The average Bonchev–Trinajstić information content (AvgIpc) is 3.34. The van der Waals surface area contributed by atoms with E-state index < -0.39 is 0 Å². The Hall–Kier alpha value is -2.73. The van der Waals surface area contributed by atoms with E-state index in [4.69, 9.17) is 0 Å². The minimum atomic E-state index is -0.0726. The Morgan fingerprint density at radius 1 is 1.11 bits per heavy atom. The molecule has 6 heteroatoms. The highest BCUT2D eigenvalue weighted by molar-refractivity contribution is 7.12. The van der Waals surface area contributed by atoms with Crippen molar-refractivity contribution in [1.82, 2.24) is 15.1 Å². The minimum absolute atomic E-state index is 0.0316. The van der Waals surface area contributed by atoms with Crippen LogP contribution in [0.15, 0.2) is 54.0 Å². The maximum absolute atomic E-state index is 11.9. The van der Waals surface area contributed by atoms with Crippen LogP contribution in [0.2, 0.25) is 0 Å². The van der Waals surface area contributed by atoms with Crippen LogP contribution < -0.4 is 5.32 Å². The van der Waals surface area contributed by atoms with Crippen molar-refractivity contribution in [2.45, 2.75) is 32.6 Å². The number of hydrogen-bond donors (Lipinski definition) is 1. The fourth-order valence-electron chi connectivity index (χ4n) is 2.84. The second kappa shape index (κ2) is 9.28. The summed E-state index contributed by atoms with van der Waals surface area (Å²) in [6, 6.07) is 13.7. The van der Waals surface area contributed by atoms with Gasteiger partial charge in [-0.2, -0.15) is 5.10 Å². The van der Waals surface area contributed by atoms with Crippen molar-refractivity contribution >= 4 is 23.0 Å². The molecule has 0 atom stereocenters. The summed E-state index contributed by atoms with van der Waals surface area (Å²) in [5.41, 5.74) is 3.23. The molecule has 0 fully saturated rings. The van der Waals surface area contributed by atoms with Crippen molar-refractivity contribution in [3.05, 3.63) is 70.2 Å². The van der Waals surface area contributed by atoms with E-state index in [-0.39, 0.29) is 24.5 Å². The molecule has 1 N–H and O–H groups in total. The topological polar surface area (TPSA) is 64.0 Å². The van der Waals surface area contributed by atoms with Gasteiger partial charge in [0.2, 0.25) is 5.91 Å². The highest BCUT2D eigenvalue weighted by Crippen LogP contribution is 2.14. The third-order valence-electron chi connectivity index (χ3n) is 4.34. The number of hydrogen-bond acceptors (Lipinski definition) is 4. The Balaban J connectivity index is 1.39. The highest BCUT2D eigenvalue weighted by atomic mass is 32.1. The van der Waals surface area contributed by atoms with Gasteiger partial charge in [0.25, 0.3) is 0 Å². The number of nitrogens with zero attached hydrogens (tertiary/aromatic N) is 2. The predicted molar refractivity (Wildman–Crippen MR) is 108 cm³/mol. The molecule has 0 spiro atoms. The molecule has 0 radical (unpaired) electrons. The van der Waals surface area contributed by atoms with E-state index in [9.17, 15) is 9.59 Å². The SMILES string of the molecule is Cc1nn(-c2ccccc2)cc1CCCNC(=O)CCC(=O)c1cccs1. The summed E-state index contributed by atoms with van der Waals surface area (Å²) in [6.45, 7) is 2.60. The molecule has 0 saturated heterocycles. The molecular formula is C21H23N3O2S. The zero-order valence-electron chi connectivity index (χ0n) is 15.4. The van der Waals surface area contributed by atoms with Gasteiger partial charge in [-0.3, -0.25) is 9.59 Å². The number of aryl methyl sites for hydroxylation is 2. The zero-order valence-corrected chi connectivity index (χ0v) is 16.2. The molecule has 0 saturated carbocycles. The van der Waals surface area contributed by atoms with Gasteiger partial charge in [-0.05, 0) is 48.9 Å². The summed E-state index contributed by atoms with van der Waals surface area (Å²) in [6.07, 6.45) is 4.24. The van der Waals surface area contributed by atoms with Crippen LogP contribution in [-0.4, -0.2) is 28.0 Å². The van der Waals surface area contributed by atoms with Crippen LogP contribution >= 0.6 is 11.3 Å². The zero-order chi connectivity index (χ0) is 19.1. The first-order chi connectivity index (χ1) is 13.1. The van der Waals surface area contributed by atoms with Crippen molar-refractivity contribution in [3.8, 4) is 5.69 Å². The average molecular weight is 382 g/mol. The van der Waals surface area contributed by atoms with Crippen molar-refractivity contribution in [2.75, 3.05) is 6.54 Å². The number of carbonyl (C=O) groups is 2. The van der Waals surface area contributed by atoms with Gasteiger partial charge in [-0.15, -0.1) is 11.3 Å². The molecule has 3 rings (SSSR count). The van der Waals surface area contributed by atoms with E-state index in [2.05, 4.69) is 10.4 Å². The van der Waals surface area contributed by atoms with Gasteiger partial charge in [0.15, 0.2) is 5.78 Å². The van der Waals surface area contributed by atoms with Crippen molar-refractivity contribution in [3.63, 3.8) is 0 Å². The minimum Gasteiger partial charge on any atom is -0.356 e. The van der Waals surface area contributed by atoms with E-state index >= 15 is 0 Å². The van der Waals surface area contributed by atoms with Gasteiger partial charge in [-0.1, -0.05) is 24.3 Å². The number of ketones is 1. The molecule has 2 aromatic heterocycles. The second-order valence-corrected chi connectivity index (χ2v) is 7.32. The predicted octanol–water partition coefficient (Wildman–Crippen LogP) is 3.95. The molecule has 2 heterocycles. The standard InChI is InChI=1S/C21H23N3O2S/c1-16-17(15-24(23-16)18-8-3-2-4-9-18)7-5-13-22-21(26)12-11-19(25)20-10-6-14-27-20/h2-4,6,8-10,14-15H,5,7,11-13H2,1H3,(H,22,26). The number of thiophene rings is 1. The van der Waals surface area contributed by atoms with E-state index in [1.165, 1.54) is 16.9 Å². The summed E-state index contributed by atoms with van der Waals surface area (Å²) < 4.78 is 1.89. The Kier molecular flexibility index (Phi) is 6.54. The highest BCUT2D eigenvalue weighted by Gasteiger charge is 2.10. The first kappa shape index (κ1) is 19.0. The molecule has 0 aliphatic rings. The third kappa shape index (κ3) is 5.37. The molecular weight excluding hydrogens is 358 g/mol. The molecule has 3 aromatic rings. The summed E-state index contributed by atoms with van der Waals surface area (Å²) in [5, 5.41) is 9.33. The lowest BCUT2D eigenvalue weighted by atomic mass is 10.1. The number of amides is 1. The Labute approximate surface area is 163 Å². The molecule has 0 aliphatic carbocycles. The molecule has 0 unspecified atom stereocenters. The maximum Gasteiger partial charge on any atom is 0.220 e. The normalized spacial score (nSPS) is 10.7. The Morgan fingerprint density at radius 2 is 1.93 bits per heavy atom. The first-order valence-electron chi connectivity index (χ1n) is 9.07. The molecule has 27 heavy (non-hydrogen) atoms. The van der Waals surface area contributed by atoms with E-state index in [1.807, 2.05) is 59.6 Å². The van der Waals surface area contributed by atoms with E-state index in [0.29, 0.717) is 11.4 Å². The molecule has 140 valence electrons. The molecule has 1 amide bonds. The van der Waals surface area contributed by atoms with Gasteiger partial charge in [0.05, 0.1) is 16.3 Å². The van der Waals surface area contributed by atoms with Gasteiger partial charge in [0.1, 0.15) is 0 Å². The summed E-state index contributed by atoms with van der Waals surface area (Å²) in [4.78, 5) is 24.5. The van der Waals surface area contributed by atoms with Crippen LogP contribution in [-0.2, 0) is 11.2 Å². The molecule has 5 nitrogen and oxygen atoms in total. The van der Waals surface area contributed by atoms with Crippen LogP contribution in [0.5, 0.6) is 0 Å². The van der Waals surface area contributed by atoms with Gasteiger partial charge < -0.3 is 5.32 Å². The van der Waals surface area contributed by atoms with Gasteiger partial charge in [0, 0.05) is 25.6 Å². The van der Waals surface area contributed by atoms with Gasteiger partial charge in [-0.25, -0.2) is 4.68 Å². The number of aromatic nitrogens is 2. The van der Waals surface area contributed by atoms with Crippen LogP contribution in [0.3, 0.4) is 0 Å². The monoisotopic (exact) mass is 381 g/mol. The number of nitrogens with one attached hydrogen (secondary N) is 1. The van der Waals surface area contributed by atoms with Gasteiger partial charge >= 0.3 is 0 Å². The van der Waals surface area contributed by atoms with E-state index in [0.717, 1.165) is 24.2 Å². The first-order valence-corrected chi connectivity index (χ1v) is 9.95. The summed E-state index contributed by atoms with van der Waals surface area (Å²) in [5.74, 6) is -0.0410. The van der Waals surface area contributed by atoms with Crippen LogP contribution in [0.25, 0.3) is 5.69 Å². The number of benzene rings is 1. The molecule has 0 aliphatic heterocycles. The maximum atomic E-state index is 11.9. The lowest BCUT2D eigenvalue weighted by molar-refractivity contribution is -0.121. The van der Waals surface area contributed by atoms with Crippen LogP contribution in [0.4, 0.5) is 0 Å². The molecule has 0 bridgehead atoms. The lowest BCUT2D eigenvalue weighted by Gasteiger charge is -2.04. The number of carbonyl (C=O) groups excluding carboxylic acids is 2. The number of rotatable bonds is 9. The van der Waals surface area contributed by atoms with Crippen molar-refractivity contribution < 1.29 is 9.59 Å². The van der Waals surface area contributed by atoms with Crippen molar-refractivity contribution in [1.29, 1.82) is 0 Å². The number of Topliss-reactive ketones (excluding diaryl/α,β-unsaturated/α-hetero) is 1. The second-order valence-electron chi connectivity index (χ2n) is 6.37. The fraction of sp³-hybridized carbons (Fsp3) is 0.286. The van der Waals surface area contributed by atoms with Crippen LogP contribution in [0, 0.1) is 6.92 Å². The third-order valence-corrected chi connectivity index (χ3v) is 5.25.